The molecule has 0 radical (unpaired) electrons. The molecule has 3 aromatic heterocycles. The van der Waals surface area contributed by atoms with Gasteiger partial charge in [-0.1, -0.05) is 0 Å². The van der Waals surface area contributed by atoms with Gasteiger partial charge in [0.15, 0.2) is 0 Å². The number of aromatic nitrogens is 4. The van der Waals surface area contributed by atoms with Crippen LogP contribution in [0.4, 0.5) is 20.3 Å². The fourth-order valence-corrected chi connectivity index (χ4v) is 4.32. The van der Waals surface area contributed by atoms with Gasteiger partial charge in [0, 0.05) is 19.3 Å². The Morgan fingerprint density at radius 1 is 1.11 bits per heavy atom. The number of morpholine rings is 1. The Morgan fingerprint density at radius 2 is 1.86 bits per heavy atom. The minimum atomic E-state index is -0.906. The van der Waals surface area contributed by atoms with E-state index in [1.54, 1.807) is 18.6 Å². The third-order valence-electron chi connectivity index (χ3n) is 6.31. The number of amides is 1. The topological polar surface area (TPSA) is 76.7 Å². The van der Waals surface area contributed by atoms with Gasteiger partial charge in [-0.15, -0.1) is 5.10 Å². The van der Waals surface area contributed by atoms with E-state index in [4.69, 9.17) is 4.74 Å². The second-order valence-electron chi connectivity index (χ2n) is 9.94. The molecule has 1 aliphatic heterocycles. The number of fused-ring (bicyclic) bond motifs is 1. The summed E-state index contributed by atoms with van der Waals surface area (Å²) in [7, 11) is 0. The van der Waals surface area contributed by atoms with Crippen molar-refractivity contribution in [3.63, 3.8) is 0 Å². The van der Waals surface area contributed by atoms with Crippen LogP contribution in [-0.2, 0) is 10.3 Å². The number of nitrogens with one attached hydrogen (secondary N) is 1. The maximum Gasteiger partial charge on any atom is 0.262 e. The number of benzene rings is 1. The average Bonchev–Trinajstić information content (AvgIpc) is 3.47. The molecule has 0 atom stereocenters. The molecule has 0 aliphatic carbocycles. The van der Waals surface area contributed by atoms with Crippen molar-refractivity contribution in [2.24, 2.45) is 0 Å². The molecular weight excluding hydrogens is 466 g/mol. The van der Waals surface area contributed by atoms with Gasteiger partial charge in [-0.3, -0.25) is 13.9 Å². The van der Waals surface area contributed by atoms with Gasteiger partial charge in [0.05, 0.1) is 36.2 Å². The van der Waals surface area contributed by atoms with Gasteiger partial charge in [-0.25, -0.2) is 9.37 Å². The van der Waals surface area contributed by atoms with E-state index in [2.05, 4.69) is 20.3 Å². The highest BCUT2D eigenvalue weighted by Crippen LogP contribution is 2.33. The lowest BCUT2D eigenvalue weighted by molar-refractivity contribution is 0.102. The summed E-state index contributed by atoms with van der Waals surface area (Å²) in [6.07, 6.45) is 4.86. The molecule has 10 heteroatoms. The second-order valence-corrected chi connectivity index (χ2v) is 9.94. The van der Waals surface area contributed by atoms with E-state index >= 15 is 0 Å². The molecule has 1 N–H and O–H groups in total. The normalized spacial score (nSPS) is 14.4. The van der Waals surface area contributed by atoms with E-state index in [0.717, 1.165) is 35.6 Å². The number of ether oxygens (including phenoxy) is 1. The predicted molar refractivity (Wildman–Crippen MR) is 133 cm³/mol. The average molecular weight is 495 g/mol. The zero-order chi connectivity index (χ0) is 25.6. The number of halogens is 2. The first-order chi connectivity index (χ1) is 17.1. The quantitative estimate of drug-likeness (QED) is 0.448. The van der Waals surface area contributed by atoms with Crippen LogP contribution in [0.25, 0.3) is 16.6 Å². The predicted octanol–water partition coefficient (Wildman–Crippen LogP) is 4.63. The van der Waals surface area contributed by atoms with Crippen LogP contribution in [0.2, 0.25) is 0 Å². The zero-order valence-electron chi connectivity index (χ0n) is 20.7. The van der Waals surface area contributed by atoms with Gasteiger partial charge < -0.3 is 15.0 Å². The number of pyridine rings is 1. The van der Waals surface area contributed by atoms with Crippen LogP contribution < -0.4 is 10.2 Å². The summed E-state index contributed by atoms with van der Waals surface area (Å²) >= 11 is 0. The first-order valence-electron chi connectivity index (χ1n) is 11.8. The SMILES string of the molecule is Cc1cc(F)c(NC(=O)c2cn(C(C)(C)C)nc2F)cc1-c1cc(N2CCOCC2)n2cncc2c1. The van der Waals surface area contributed by atoms with Gasteiger partial charge >= 0.3 is 0 Å². The van der Waals surface area contributed by atoms with E-state index in [1.165, 1.54) is 16.9 Å². The Balaban J connectivity index is 1.52. The largest absolute Gasteiger partial charge is 0.378 e. The lowest BCUT2D eigenvalue weighted by Gasteiger charge is -2.30. The number of aryl methyl sites for hydroxylation is 1. The minimum absolute atomic E-state index is 0.0372. The smallest absolute Gasteiger partial charge is 0.262 e. The molecule has 1 aliphatic rings. The number of nitrogens with zero attached hydrogens (tertiary/aromatic N) is 5. The summed E-state index contributed by atoms with van der Waals surface area (Å²) in [6, 6.07) is 6.95. The van der Waals surface area contributed by atoms with Crippen LogP contribution in [0, 0.1) is 18.7 Å². The number of imidazole rings is 1. The molecule has 5 rings (SSSR count). The lowest BCUT2D eigenvalue weighted by Crippen LogP contribution is -2.37. The number of anilines is 2. The third-order valence-corrected chi connectivity index (χ3v) is 6.31. The summed E-state index contributed by atoms with van der Waals surface area (Å²) < 4.78 is 38.2. The van der Waals surface area contributed by atoms with Crippen molar-refractivity contribution in [1.82, 2.24) is 19.2 Å². The molecule has 0 saturated carbocycles. The molecule has 1 fully saturated rings. The molecule has 1 amide bonds. The van der Waals surface area contributed by atoms with Gasteiger partial charge in [0.2, 0.25) is 5.95 Å². The van der Waals surface area contributed by atoms with Gasteiger partial charge in [0.1, 0.15) is 23.5 Å². The summed E-state index contributed by atoms with van der Waals surface area (Å²) in [5.74, 6) is -1.32. The highest BCUT2D eigenvalue weighted by molar-refractivity contribution is 6.04. The first-order valence-corrected chi connectivity index (χ1v) is 11.8. The van der Waals surface area contributed by atoms with Crippen LogP contribution >= 0.6 is 0 Å². The summed E-state index contributed by atoms with van der Waals surface area (Å²) in [5, 5.41) is 6.33. The molecule has 4 aromatic rings. The Hall–Kier alpha value is -3.79. The van der Waals surface area contributed by atoms with Crippen molar-refractivity contribution in [2.75, 3.05) is 36.5 Å². The standard InChI is InChI=1S/C26H28F2N6O2/c1-16-9-21(27)22(30-25(35)20-14-34(26(2,3)4)31-24(20)28)12-19(16)17-10-18-13-29-15-33(18)23(11-17)32-5-7-36-8-6-32/h9-15H,5-8H2,1-4H3,(H,30,35). The zero-order valence-corrected chi connectivity index (χ0v) is 20.7. The fourth-order valence-electron chi connectivity index (χ4n) is 4.32. The Bertz CT molecular complexity index is 1450. The van der Waals surface area contributed by atoms with Gasteiger partial charge in [-0.2, -0.15) is 4.39 Å². The molecule has 188 valence electrons. The van der Waals surface area contributed by atoms with Crippen LogP contribution in [0.15, 0.2) is 43.0 Å². The van der Waals surface area contributed by atoms with Crippen molar-refractivity contribution in [3.8, 4) is 11.1 Å². The summed E-state index contributed by atoms with van der Waals surface area (Å²) in [6.45, 7) is 10.1. The Kier molecular flexibility index (Phi) is 5.99. The molecule has 1 aromatic carbocycles. The highest BCUT2D eigenvalue weighted by atomic mass is 19.1. The van der Waals surface area contributed by atoms with E-state index in [9.17, 15) is 13.6 Å². The molecule has 0 unspecified atom stereocenters. The van der Waals surface area contributed by atoms with Crippen molar-refractivity contribution in [1.29, 1.82) is 0 Å². The number of carbonyl (C=O) groups is 1. The number of hydrogen-bond donors (Lipinski definition) is 1. The van der Waals surface area contributed by atoms with Crippen LogP contribution in [0.5, 0.6) is 0 Å². The molecule has 1 saturated heterocycles. The number of rotatable bonds is 4. The Labute approximate surface area is 207 Å². The van der Waals surface area contributed by atoms with Gasteiger partial charge in [-0.05, 0) is 68.7 Å². The van der Waals surface area contributed by atoms with Crippen molar-refractivity contribution in [2.45, 2.75) is 33.2 Å². The molecule has 8 nitrogen and oxygen atoms in total. The van der Waals surface area contributed by atoms with Crippen molar-refractivity contribution in [3.05, 3.63) is 65.9 Å². The van der Waals surface area contributed by atoms with E-state index in [0.29, 0.717) is 18.8 Å². The van der Waals surface area contributed by atoms with Crippen molar-refractivity contribution >= 4 is 22.9 Å². The molecule has 36 heavy (non-hydrogen) atoms. The van der Waals surface area contributed by atoms with E-state index < -0.39 is 23.2 Å². The summed E-state index contributed by atoms with van der Waals surface area (Å²) in [4.78, 5) is 19.4. The Morgan fingerprint density at radius 3 is 2.56 bits per heavy atom. The summed E-state index contributed by atoms with van der Waals surface area (Å²) in [5.41, 5.74) is 2.40. The molecule has 0 spiro atoms. The monoisotopic (exact) mass is 494 g/mol. The van der Waals surface area contributed by atoms with Crippen LogP contribution in [-0.4, -0.2) is 51.4 Å². The fraction of sp³-hybridized carbons (Fsp3) is 0.346. The lowest BCUT2D eigenvalue weighted by atomic mass is 9.99. The second kappa shape index (κ2) is 9.02. The maximum atomic E-state index is 14.9. The van der Waals surface area contributed by atoms with Crippen LogP contribution in [0.1, 0.15) is 36.7 Å². The molecule has 0 bridgehead atoms. The maximum absolute atomic E-state index is 14.9. The van der Waals surface area contributed by atoms with Gasteiger partial charge in [0.25, 0.3) is 5.91 Å². The van der Waals surface area contributed by atoms with E-state index in [1.807, 2.05) is 44.2 Å². The van der Waals surface area contributed by atoms with Crippen molar-refractivity contribution < 1.29 is 18.3 Å². The molecular formula is C26H28F2N6O2. The number of carbonyl (C=O) groups excluding carboxylic acids is 1. The van der Waals surface area contributed by atoms with Crippen LogP contribution in [0.3, 0.4) is 0 Å². The number of hydrogen-bond acceptors (Lipinski definition) is 5. The third kappa shape index (κ3) is 4.44. The first kappa shape index (κ1) is 23.9. The van der Waals surface area contributed by atoms with E-state index in [-0.39, 0.29) is 11.3 Å². The minimum Gasteiger partial charge on any atom is -0.378 e. The molecule has 4 heterocycles. The highest BCUT2D eigenvalue weighted by Gasteiger charge is 2.23.